The molecular formula is C19H24Cl2N4O2. The number of nitrogens with zero attached hydrogens (tertiary/aromatic N) is 1. The fourth-order valence-corrected chi connectivity index (χ4v) is 3.01. The number of amides is 2. The zero-order valence-electron chi connectivity index (χ0n) is 14.8. The number of anilines is 1. The SMILES string of the molecule is Cl.Cl.NC1CCC(C(=O)Nc2cccc(C(=O)NCc3ccccn3)c2)C1. The van der Waals surface area contributed by atoms with Crippen molar-refractivity contribution >= 4 is 42.3 Å². The van der Waals surface area contributed by atoms with E-state index in [0.29, 0.717) is 17.8 Å². The average Bonchev–Trinajstić information content (AvgIpc) is 3.07. The van der Waals surface area contributed by atoms with Gasteiger partial charge >= 0.3 is 0 Å². The molecule has 1 saturated carbocycles. The van der Waals surface area contributed by atoms with Crippen molar-refractivity contribution in [2.24, 2.45) is 11.7 Å². The molecule has 0 aliphatic heterocycles. The standard InChI is InChI=1S/C19H22N4O2.2ClH/c20-15-8-7-14(10-15)19(25)23-16-6-3-4-13(11-16)18(24)22-12-17-5-1-2-9-21-17;;/h1-6,9,11,14-15H,7-8,10,12,20H2,(H,22,24)(H,23,25);2*1H. The molecule has 3 rings (SSSR count). The van der Waals surface area contributed by atoms with Gasteiger partial charge in [-0.05, 0) is 49.6 Å². The molecule has 0 radical (unpaired) electrons. The van der Waals surface area contributed by atoms with Gasteiger partial charge in [0.2, 0.25) is 5.91 Å². The summed E-state index contributed by atoms with van der Waals surface area (Å²) in [6.07, 6.45) is 4.11. The molecule has 27 heavy (non-hydrogen) atoms. The predicted octanol–water partition coefficient (Wildman–Crippen LogP) is 2.92. The van der Waals surface area contributed by atoms with Crippen LogP contribution in [-0.4, -0.2) is 22.8 Å². The summed E-state index contributed by atoms with van der Waals surface area (Å²) in [5.74, 6) is -0.278. The summed E-state index contributed by atoms with van der Waals surface area (Å²) in [4.78, 5) is 28.7. The number of carbonyl (C=O) groups is 2. The van der Waals surface area contributed by atoms with Crippen LogP contribution in [-0.2, 0) is 11.3 Å². The largest absolute Gasteiger partial charge is 0.346 e. The molecule has 0 saturated heterocycles. The second-order valence-electron chi connectivity index (χ2n) is 6.34. The number of carbonyl (C=O) groups excluding carboxylic acids is 2. The number of nitrogens with two attached hydrogens (primary N) is 1. The highest BCUT2D eigenvalue weighted by Gasteiger charge is 2.27. The van der Waals surface area contributed by atoms with E-state index >= 15 is 0 Å². The molecule has 1 aromatic heterocycles. The lowest BCUT2D eigenvalue weighted by atomic mass is 10.1. The smallest absolute Gasteiger partial charge is 0.251 e. The zero-order chi connectivity index (χ0) is 17.6. The summed E-state index contributed by atoms with van der Waals surface area (Å²) in [5.41, 5.74) is 7.77. The quantitative estimate of drug-likeness (QED) is 0.705. The Hall–Kier alpha value is -2.15. The highest BCUT2D eigenvalue weighted by atomic mass is 35.5. The van der Waals surface area contributed by atoms with E-state index in [0.717, 1.165) is 25.0 Å². The number of hydrogen-bond acceptors (Lipinski definition) is 4. The van der Waals surface area contributed by atoms with Crippen molar-refractivity contribution in [3.05, 3.63) is 59.9 Å². The third-order valence-corrected chi connectivity index (χ3v) is 4.39. The van der Waals surface area contributed by atoms with E-state index in [1.165, 1.54) is 0 Å². The van der Waals surface area contributed by atoms with Gasteiger partial charge in [0.05, 0.1) is 12.2 Å². The number of rotatable bonds is 5. The lowest BCUT2D eigenvalue weighted by molar-refractivity contribution is -0.119. The molecule has 1 aliphatic rings. The van der Waals surface area contributed by atoms with Gasteiger partial charge in [0, 0.05) is 29.4 Å². The van der Waals surface area contributed by atoms with Crippen molar-refractivity contribution in [1.29, 1.82) is 0 Å². The first-order valence-electron chi connectivity index (χ1n) is 8.46. The maximum absolute atomic E-state index is 12.3. The van der Waals surface area contributed by atoms with Gasteiger partial charge in [-0.2, -0.15) is 0 Å². The van der Waals surface area contributed by atoms with Gasteiger partial charge in [0.1, 0.15) is 0 Å². The van der Waals surface area contributed by atoms with Crippen molar-refractivity contribution in [3.8, 4) is 0 Å². The number of halogens is 2. The zero-order valence-corrected chi connectivity index (χ0v) is 16.4. The minimum absolute atomic E-state index is 0. The third kappa shape index (κ3) is 6.50. The normalized spacial score (nSPS) is 18.0. The van der Waals surface area contributed by atoms with Crippen molar-refractivity contribution in [1.82, 2.24) is 10.3 Å². The van der Waals surface area contributed by atoms with Crippen LogP contribution in [0.2, 0.25) is 0 Å². The van der Waals surface area contributed by atoms with E-state index in [2.05, 4.69) is 15.6 Å². The summed E-state index contributed by atoms with van der Waals surface area (Å²) < 4.78 is 0. The van der Waals surface area contributed by atoms with Crippen LogP contribution >= 0.6 is 24.8 Å². The first-order valence-corrected chi connectivity index (χ1v) is 8.46. The van der Waals surface area contributed by atoms with E-state index in [9.17, 15) is 9.59 Å². The molecule has 2 aromatic rings. The summed E-state index contributed by atoms with van der Waals surface area (Å²) in [6, 6.07) is 12.6. The Balaban J connectivity index is 0.00000182. The summed E-state index contributed by atoms with van der Waals surface area (Å²) in [7, 11) is 0. The van der Waals surface area contributed by atoms with Crippen LogP contribution in [0.3, 0.4) is 0 Å². The first kappa shape index (κ1) is 22.9. The molecule has 6 nitrogen and oxygen atoms in total. The minimum atomic E-state index is -0.204. The van der Waals surface area contributed by atoms with Gasteiger partial charge in [-0.25, -0.2) is 0 Å². The van der Waals surface area contributed by atoms with E-state index < -0.39 is 0 Å². The number of pyridine rings is 1. The molecule has 8 heteroatoms. The van der Waals surface area contributed by atoms with Crippen LogP contribution in [0.4, 0.5) is 5.69 Å². The molecule has 2 unspecified atom stereocenters. The molecule has 0 spiro atoms. The second kappa shape index (κ2) is 10.9. The number of hydrogen-bond donors (Lipinski definition) is 3. The monoisotopic (exact) mass is 410 g/mol. The van der Waals surface area contributed by atoms with Crippen LogP contribution < -0.4 is 16.4 Å². The Morgan fingerprint density at radius 1 is 1.11 bits per heavy atom. The minimum Gasteiger partial charge on any atom is -0.346 e. The van der Waals surface area contributed by atoms with Gasteiger partial charge < -0.3 is 16.4 Å². The molecule has 1 heterocycles. The predicted molar refractivity (Wildman–Crippen MR) is 110 cm³/mol. The van der Waals surface area contributed by atoms with Crippen LogP contribution in [0, 0.1) is 5.92 Å². The third-order valence-electron chi connectivity index (χ3n) is 4.39. The molecule has 2 atom stereocenters. The van der Waals surface area contributed by atoms with Crippen molar-refractivity contribution in [2.45, 2.75) is 31.8 Å². The van der Waals surface area contributed by atoms with Crippen LogP contribution in [0.5, 0.6) is 0 Å². The van der Waals surface area contributed by atoms with Crippen molar-refractivity contribution in [2.75, 3.05) is 5.32 Å². The Kier molecular flexibility index (Phi) is 9.21. The highest BCUT2D eigenvalue weighted by Crippen LogP contribution is 2.25. The summed E-state index contributed by atoms with van der Waals surface area (Å²) in [5, 5.41) is 5.71. The molecule has 1 fully saturated rings. The maximum atomic E-state index is 12.3. The Labute approximate surface area is 171 Å². The Bertz CT molecular complexity index is 758. The second-order valence-corrected chi connectivity index (χ2v) is 6.34. The number of benzene rings is 1. The average molecular weight is 411 g/mol. The van der Waals surface area contributed by atoms with Gasteiger partial charge in [0.15, 0.2) is 0 Å². The molecule has 1 aromatic carbocycles. The van der Waals surface area contributed by atoms with Crippen LogP contribution in [0.15, 0.2) is 48.7 Å². The van der Waals surface area contributed by atoms with Gasteiger partial charge in [-0.3, -0.25) is 14.6 Å². The van der Waals surface area contributed by atoms with E-state index in [-0.39, 0.29) is 48.6 Å². The van der Waals surface area contributed by atoms with E-state index in [4.69, 9.17) is 5.73 Å². The summed E-state index contributed by atoms with van der Waals surface area (Å²) >= 11 is 0. The Morgan fingerprint density at radius 3 is 2.59 bits per heavy atom. The van der Waals surface area contributed by atoms with Crippen LogP contribution in [0.25, 0.3) is 0 Å². The van der Waals surface area contributed by atoms with E-state index in [1.54, 1.807) is 30.5 Å². The number of aromatic nitrogens is 1. The molecular weight excluding hydrogens is 387 g/mol. The topological polar surface area (TPSA) is 97.1 Å². The highest BCUT2D eigenvalue weighted by molar-refractivity contribution is 5.97. The molecule has 2 amide bonds. The molecule has 146 valence electrons. The van der Waals surface area contributed by atoms with Gasteiger partial charge in [0.25, 0.3) is 5.91 Å². The van der Waals surface area contributed by atoms with E-state index in [1.807, 2.05) is 18.2 Å². The molecule has 0 bridgehead atoms. The fraction of sp³-hybridized carbons (Fsp3) is 0.316. The maximum Gasteiger partial charge on any atom is 0.251 e. The summed E-state index contributed by atoms with van der Waals surface area (Å²) in [6.45, 7) is 0.357. The van der Waals surface area contributed by atoms with Crippen molar-refractivity contribution in [3.63, 3.8) is 0 Å². The number of nitrogens with one attached hydrogen (secondary N) is 2. The molecule has 1 aliphatic carbocycles. The van der Waals surface area contributed by atoms with Crippen molar-refractivity contribution < 1.29 is 9.59 Å². The Morgan fingerprint density at radius 2 is 1.93 bits per heavy atom. The lowest BCUT2D eigenvalue weighted by Gasteiger charge is -2.12. The first-order chi connectivity index (χ1) is 12.1. The van der Waals surface area contributed by atoms with Gasteiger partial charge in [-0.15, -0.1) is 24.8 Å². The lowest BCUT2D eigenvalue weighted by Crippen LogP contribution is -2.24. The van der Waals surface area contributed by atoms with Crippen LogP contribution in [0.1, 0.15) is 35.3 Å². The fourth-order valence-electron chi connectivity index (χ4n) is 3.01. The van der Waals surface area contributed by atoms with Gasteiger partial charge in [-0.1, -0.05) is 12.1 Å². The molecule has 4 N–H and O–H groups in total.